The van der Waals surface area contributed by atoms with Crippen LogP contribution >= 0.6 is 12.2 Å². The zero-order valence-electron chi connectivity index (χ0n) is 9.88. The van der Waals surface area contributed by atoms with E-state index in [1.165, 1.54) is 0 Å². The van der Waals surface area contributed by atoms with Gasteiger partial charge in [-0.05, 0) is 43.6 Å². The molecule has 1 rings (SSSR count). The Bertz CT molecular complexity index is 360. The second-order valence-corrected chi connectivity index (χ2v) is 4.23. The van der Waals surface area contributed by atoms with Crippen molar-refractivity contribution in [1.29, 1.82) is 0 Å². The summed E-state index contributed by atoms with van der Waals surface area (Å²) < 4.78 is 0. The van der Waals surface area contributed by atoms with Crippen LogP contribution in [0, 0.1) is 0 Å². The van der Waals surface area contributed by atoms with Crippen molar-refractivity contribution >= 4 is 17.4 Å². The standard InChI is InChI=1S/C13H19N3S/c14-9-8-12(16-10-17)6-7-13(15)11-4-2-1-3-5-11/h1-5,12-13H,6-9,14-15H2. The molecule has 2 atom stereocenters. The van der Waals surface area contributed by atoms with Gasteiger partial charge in [0.05, 0.1) is 11.2 Å². The fraction of sp³-hybridized carbons (Fsp3) is 0.462. The molecule has 0 radical (unpaired) electrons. The van der Waals surface area contributed by atoms with Gasteiger partial charge in [-0.15, -0.1) is 0 Å². The Balaban J connectivity index is 2.46. The summed E-state index contributed by atoms with van der Waals surface area (Å²) in [4.78, 5) is 4.11. The second kappa shape index (κ2) is 8.09. The first-order valence-electron chi connectivity index (χ1n) is 5.85. The molecule has 92 valence electrons. The Labute approximate surface area is 108 Å². The molecule has 17 heavy (non-hydrogen) atoms. The van der Waals surface area contributed by atoms with Crippen molar-refractivity contribution in [3.05, 3.63) is 35.9 Å². The maximum Gasteiger partial charge on any atom is 0.0615 e. The Morgan fingerprint density at radius 1 is 1.18 bits per heavy atom. The van der Waals surface area contributed by atoms with Crippen LogP contribution in [-0.4, -0.2) is 17.7 Å². The minimum atomic E-state index is 0.0526. The van der Waals surface area contributed by atoms with E-state index >= 15 is 0 Å². The van der Waals surface area contributed by atoms with Crippen LogP contribution in [0.25, 0.3) is 0 Å². The molecule has 0 saturated heterocycles. The molecule has 0 aliphatic rings. The van der Waals surface area contributed by atoms with Gasteiger partial charge in [-0.1, -0.05) is 30.3 Å². The van der Waals surface area contributed by atoms with E-state index in [1.807, 2.05) is 30.3 Å². The summed E-state index contributed by atoms with van der Waals surface area (Å²) in [6.07, 6.45) is 2.62. The zero-order chi connectivity index (χ0) is 12.5. The van der Waals surface area contributed by atoms with E-state index in [0.29, 0.717) is 6.54 Å². The summed E-state index contributed by atoms with van der Waals surface area (Å²) in [5.41, 5.74) is 12.8. The summed E-state index contributed by atoms with van der Waals surface area (Å²) >= 11 is 4.63. The second-order valence-electron chi connectivity index (χ2n) is 4.05. The molecule has 4 heteroatoms. The number of hydrogen-bond acceptors (Lipinski definition) is 4. The Kier molecular flexibility index (Phi) is 6.67. The van der Waals surface area contributed by atoms with E-state index in [1.54, 1.807) is 0 Å². The van der Waals surface area contributed by atoms with Crippen molar-refractivity contribution in [2.24, 2.45) is 16.5 Å². The summed E-state index contributed by atoms with van der Waals surface area (Å²) in [6.45, 7) is 0.617. The number of benzene rings is 1. The lowest BCUT2D eigenvalue weighted by Crippen LogP contribution is -2.16. The Morgan fingerprint density at radius 3 is 2.47 bits per heavy atom. The predicted molar refractivity (Wildman–Crippen MR) is 75.1 cm³/mol. The van der Waals surface area contributed by atoms with Crippen LogP contribution in [-0.2, 0) is 0 Å². The first kappa shape index (κ1) is 14.0. The van der Waals surface area contributed by atoms with E-state index in [9.17, 15) is 0 Å². The van der Waals surface area contributed by atoms with E-state index in [-0.39, 0.29) is 12.1 Å². The van der Waals surface area contributed by atoms with Crippen LogP contribution in [0.3, 0.4) is 0 Å². The highest BCUT2D eigenvalue weighted by Crippen LogP contribution is 2.18. The lowest BCUT2D eigenvalue weighted by atomic mass is 9.99. The van der Waals surface area contributed by atoms with Crippen LogP contribution in [0.15, 0.2) is 35.3 Å². The number of hydrogen-bond donors (Lipinski definition) is 2. The van der Waals surface area contributed by atoms with Crippen LogP contribution in [0.5, 0.6) is 0 Å². The van der Waals surface area contributed by atoms with Crippen molar-refractivity contribution in [2.45, 2.75) is 31.3 Å². The van der Waals surface area contributed by atoms with Crippen molar-refractivity contribution in [3.63, 3.8) is 0 Å². The van der Waals surface area contributed by atoms with Gasteiger partial charge in [0, 0.05) is 6.04 Å². The summed E-state index contributed by atoms with van der Waals surface area (Å²) in [6, 6.07) is 10.3. The minimum absolute atomic E-state index is 0.0526. The molecule has 0 aromatic heterocycles. The lowest BCUT2D eigenvalue weighted by Gasteiger charge is -2.15. The van der Waals surface area contributed by atoms with Gasteiger partial charge in [0.1, 0.15) is 0 Å². The maximum atomic E-state index is 6.12. The third-order valence-corrected chi connectivity index (χ3v) is 2.88. The molecule has 1 aromatic rings. The third-order valence-electron chi connectivity index (χ3n) is 2.77. The highest BCUT2D eigenvalue weighted by molar-refractivity contribution is 7.78. The molecule has 0 fully saturated rings. The summed E-state index contributed by atoms with van der Waals surface area (Å²) in [5, 5.41) is 2.43. The number of isothiocyanates is 1. The van der Waals surface area contributed by atoms with Gasteiger partial charge in [-0.25, -0.2) is 4.99 Å². The molecule has 1 aromatic carbocycles. The van der Waals surface area contributed by atoms with E-state index in [2.05, 4.69) is 22.4 Å². The van der Waals surface area contributed by atoms with Gasteiger partial charge in [-0.3, -0.25) is 0 Å². The molecule has 4 N–H and O–H groups in total. The fourth-order valence-electron chi connectivity index (χ4n) is 1.78. The first-order chi connectivity index (χ1) is 8.27. The van der Waals surface area contributed by atoms with Crippen molar-refractivity contribution in [1.82, 2.24) is 0 Å². The molecular formula is C13H19N3S. The van der Waals surface area contributed by atoms with Gasteiger partial charge in [0.25, 0.3) is 0 Å². The monoisotopic (exact) mass is 249 g/mol. The van der Waals surface area contributed by atoms with Gasteiger partial charge in [0.2, 0.25) is 0 Å². The van der Waals surface area contributed by atoms with Gasteiger partial charge >= 0.3 is 0 Å². The molecule has 3 nitrogen and oxygen atoms in total. The first-order valence-corrected chi connectivity index (χ1v) is 6.26. The van der Waals surface area contributed by atoms with Crippen LogP contribution < -0.4 is 11.5 Å². The molecule has 0 aliphatic heterocycles. The zero-order valence-corrected chi connectivity index (χ0v) is 10.7. The van der Waals surface area contributed by atoms with Crippen LogP contribution in [0.1, 0.15) is 30.9 Å². The van der Waals surface area contributed by atoms with Crippen LogP contribution in [0.2, 0.25) is 0 Å². The number of aliphatic imine (C=N–C) groups is 1. The van der Waals surface area contributed by atoms with Crippen molar-refractivity contribution in [2.75, 3.05) is 6.54 Å². The van der Waals surface area contributed by atoms with Gasteiger partial charge < -0.3 is 11.5 Å². The average Bonchev–Trinajstić information content (AvgIpc) is 2.37. The number of nitrogens with zero attached hydrogens (tertiary/aromatic N) is 1. The molecule has 0 saturated carbocycles. The molecule has 2 unspecified atom stereocenters. The third kappa shape index (κ3) is 5.20. The molecule has 0 bridgehead atoms. The summed E-state index contributed by atoms with van der Waals surface area (Å²) in [5.74, 6) is 0. The van der Waals surface area contributed by atoms with Crippen molar-refractivity contribution < 1.29 is 0 Å². The van der Waals surface area contributed by atoms with Gasteiger partial charge in [-0.2, -0.15) is 0 Å². The van der Waals surface area contributed by atoms with Gasteiger partial charge in [0.15, 0.2) is 0 Å². The molecular weight excluding hydrogens is 230 g/mol. The SMILES string of the molecule is NCCC(CCC(N)c1ccccc1)N=C=S. The summed E-state index contributed by atoms with van der Waals surface area (Å²) in [7, 11) is 0. The number of thiocarbonyl (C=S) groups is 1. The van der Waals surface area contributed by atoms with E-state index in [0.717, 1.165) is 24.8 Å². The molecule has 0 aliphatic carbocycles. The molecule has 0 spiro atoms. The lowest BCUT2D eigenvalue weighted by molar-refractivity contribution is 0.514. The Morgan fingerprint density at radius 2 is 1.88 bits per heavy atom. The topological polar surface area (TPSA) is 64.4 Å². The van der Waals surface area contributed by atoms with Crippen molar-refractivity contribution in [3.8, 4) is 0 Å². The highest BCUT2D eigenvalue weighted by atomic mass is 32.1. The van der Waals surface area contributed by atoms with E-state index in [4.69, 9.17) is 11.5 Å². The highest BCUT2D eigenvalue weighted by Gasteiger charge is 2.10. The quantitative estimate of drug-likeness (QED) is 0.575. The number of rotatable bonds is 7. The molecule has 0 amide bonds. The number of nitrogens with two attached hydrogens (primary N) is 2. The smallest absolute Gasteiger partial charge is 0.0615 e. The van der Waals surface area contributed by atoms with Crippen LogP contribution in [0.4, 0.5) is 0 Å². The Hall–Kier alpha value is -1.06. The fourth-order valence-corrected chi connectivity index (χ4v) is 1.93. The maximum absolute atomic E-state index is 6.12. The minimum Gasteiger partial charge on any atom is -0.330 e. The molecule has 0 heterocycles. The normalized spacial score (nSPS) is 13.8. The van der Waals surface area contributed by atoms with E-state index < -0.39 is 0 Å². The average molecular weight is 249 g/mol. The largest absolute Gasteiger partial charge is 0.330 e. The predicted octanol–water partition coefficient (Wildman–Crippen LogP) is 2.29.